The third kappa shape index (κ3) is 4.58. The van der Waals surface area contributed by atoms with Crippen LogP contribution < -0.4 is 15.5 Å². The van der Waals surface area contributed by atoms with Crippen LogP contribution in [0.1, 0.15) is 30.4 Å². The van der Waals surface area contributed by atoms with Crippen LogP contribution in [-0.2, 0) is 4.79 Å². The van der Waals surface area contributed by atoms with E-state index >= 15 is 0 Å². The van der Waals surface area contributed by atoms with Gasteiger partial charge in [0.25, 0.3) is 5.91 Å². The van der Waals surface area contributed by atoms with Gasteiger partial charge in [0.1, 0.15) is 6.04 Å². The molecule has 0 aliphatic carbocycles. The highest BCUT2D eigenvalue weighted by Crippen LogP contribution is 2.18. The van der Waals surface area contributed by atoms with E-state index in [2.05, 4.69) is 29.4 Å². The number of benzene rings is 1. The summed E-state index contributed by atoms with van der Waals surface area (Å²) in [5.74, 6) is -0.472. The number of hydrogen-bond donors (Lipinski definition) is 2. The molecule has 0 bridgehead atoms. The Morgan fingerprint density at radius 2 is 1.79 bits per heavy atom. The van der Waals surface area contributed by atoms with Crippen LogP contribution in [0.3, 0.4) is 0 Å². The Balaban J connectivity index is 1.92. The molecular weight excluding hydrogens is 322 g/mol. The predicted octanol–water partition coefficient (Wildman–Crippen LogP) is 3.35. The second-order valence-corrected chi connectivity index (χ2v) is 6.33. The summed E-state index contributed by atoms with van der Waals surface area (Å²) < 4.78 is 0. The molecule has 6 heteroatoms. The molecule has 0 aliphatic rings. The van der Waals surface area contributed by atoms with Gasteiger partial charge in [-0.05, 0) is 56.5 Å². The molecule has 1 aromatic heterocycles. The number of anilines is 2. The van der Waals surface area contributed by atoms with Crippen LogP contribution in [0, 0.1) is 0 Å². The molecule has 5 nitrogen and oxygen atoms in total. The minimum Gasteiger partial charge on any atom is -0.372 e. The summed E-state index contributed by atoms with van der Waals surface area (Å²) in [7, 11) is 0. The monoisotopic (exact) mass is 345 g/mol. The van der Waals surface area contributed by atoms with E-state index in [-0.39, 0.29) is 11.8 Å². The molecule has 2 aromatic rings. The fraction of sp³-hybridized carbons (Fsp3) is 0.333. The van der Waals surface area contributed by atoms with Gasteiger partial charge in [-0.15, -0.1) is 11.3 Å². The Hall–Kier alpha value is -2.34. The maximum atomic E-state index is 12.2. The summed E-state index contributed by atoms with van der Waals surface area (Å²) >= 11 is 1.35. The molecule has 1 unspecified atom stereocenters. The molecule has 1 atom stereocenters. The summed E-state index contributed by atoms with van der Waals surface area (Å²) in [5.41, 5.74) is 1.84. The zero-order valence-electron chi connectivity index (χ0n) is 14.2. The third-order valence-corrected chi connectivity index (χ3v) is 4.62. The predicted molar refractivity (Wildman–Crippen MR) is 99.9 cm³/mol. The van der Waals surface area contributed by atoms with E-state index in [1.54, 1.807) is 13.0 Å². The summed E-state index contributed by atoms with van der Waals surface area (Å²) in [6.45, 7) is 7.77. The zero-order valence-corrected chi connectivity index (χ0v) is 15.0. The Morgan fingerprint density at radius 3 is 2.33 bits per heavy atom. The molecular formula is C18H23N3O2S. The number of thiophene rings is 1. The molecule has 128 valence electrons. The van der Waals surface area contributed by atoms with Crippen molar-refractivity contribution < 1.29 is 9.59 Å². The van der Waals surface area contributed by atoms with E-state index in [1.165, 1.54) is 11.3 Å². The molecule has 0 fully saturated rings. The Morgan fingerprint density at radius 1 is 1.12 bits per heavy atom. The van der Waals surface area contributed by atoms with Crippen molar-refractivity contribution in [3.05, 3.63) is 46.7 Å². The second kappa shape index (κ2) is 8.49. The van der Waals surface area contributed by atoms with E-state index < -0.39 is 6.04 Å². The Bertz CT molecular complexity index is 664. The Labute approximate surface area is 146 Å². The molecule has 0 radical (unpaired) electrons. The van der Waals surface area contributed by atoms with Crippen molar-refractivity contribution in [3.8, 4) is 0 Å². The van der Waals surface area contributed by atoms with Gasteiger partial charge in [-0.3, -0.25) is 9.59 Å². The molecule has 24 heavy (non-hydrogen) atoms. The topological polar surface area (TPSA) is 61.4 Å². The van der Waals surface area contributed by atoms with Crippen LogP contribution >= 0.6 is 11.3 Å². The largest absolute Gasteiger partial charge is 0.372 e. The first-order chi connectivity index (χ1) is 11.5. The smallest absolute Gasteiger partial charge is 0.261 e. The lowest BCUT2D eigenvalue weighted by atomic mass is 10.2. The minimum atomic E-state index is -0.609. The van der Waals surface area contributed by atoms with Crippen LogP contribution in [0.15, 0.2) is 41.8 Å². The van der Waals surface area contributed by atoms with Gasteiger partial charge in [-0.2, -0.15) is 0 Å². The summed E-state index contributed by atoms with van der Waals surface area (Å²) in [6.07, 6.45) is 0. The van der Waals surface area contributed by atoms with E-state index in [4.69, 9.17) is 0 Å². The van der Waals surface area contributed by atoms with Gasteiger partial charge < -0.3 is 15.5 Å². The highest BCUT2D eigenvalue weighted by Gasteiger charge is 2.17. The SMILES string of the molecule is CCN(CC)c1ccc(NC(=O)C(C)NC(=O)c2cccs2)cc1. The highest BCUT2D eigenvalue weighted by atomic mass is 32.1. The molecule has 0 aliphatic heterocycles. The fourth-order valence-electron chi connectivity index (χ4n) is 2.34. The van der Waals surface area contributed by atoms with E-state index in [1.807, 2.05) is 35.7 Å². The standard InChI is InChI=1S/C18H23N3O2S/c1-4-21(5-2)15-10-8-14(9-11-15)20-17(22)13(3)19-18(23)16-7-6-12-24-16/h6-13H,4-5H2,1-3H3,(H,19,23)(H,20,22). The van der Waals surface area contributed by atoms with E-state index in [0.29, 0.717) is 10.6 Å². The number of nitrogens with zero attached hydrogens (tertiary/aromatic N) is 1. The van der Waals surface area contributed by atoms with Crippen LogP contribution in [-0.4, -0.2) is 30.9 Å². The number of rotatable bonds is 7. The quantitative estimate of drug-likeness (QED) is 0.809. The van der Waals surface area contributed by atoms with Crippen LogP contribution in [0.4, 0.5) is 11.4 Å². The molecule has 1 heterocycles. The third-order valence-electron chi connectivity index (χ3n) is 3.75. The van der Waals surface area contributed by atoms with Gasteiger partial charge in [0, 0.05) is 24.5 Å². The van der Waals surface area contributed by atoms with Crippen molar-refractivity contribution in [3.63, 3.8) is 0 Å². The van der Waals surface area contributed by atoms with Gasteiger partial charge >= 0.3 is 0 Å². The Kier molecular flexibility index (Phi) is 6.37. The van der Waals surface area contributed by atoms with E-state index in [9.17, 15) is 9.59 Å². The highest BCUT2D eigenvalue weighted by molar-refractivity contribution is 7.12. The molecule has 2 rings (SSSR count). The zero-order chi connectivity index (χ0) is 17.5. The molecule has 2 N–H and O–H groups in total. The van der Waals surface area contributed by atoms with Crippen LogP contribution in [0.2, 0.25) is 0 Å². The molecule has 0 saturated heterocycles. The van der Waals surface area contributed by atoms with Crippen molar-refractivity contribution in [2.75, 3.05) is 23.3 Å². The van der Waals surface area contributed by atoms with Gasteiger partial charge in [0.05, 0.1) is 4.88 Å². The van der Waals surface area contributed by atoms with Gasteiger partial charge in [-0.25, -0.2) is 0 Å². The lowest BCUT2D eigenvalue weighted by molar-refractivity contribution is -0.117. The maximum absolute atomic E-state index is 12.2. The van der Waals surface area contributed by atoms with Crippen molar-refractivity contribution in [2.45, 2.75) is 26.8 Å². The van der Waals surface area contributed by atoms with Crippen molar-refractivity contribution >= 4 is 34.5 Å². The fourth-order valence-corrected chi connectivity index (χ4v) is 2.96. The van der Waals surface area contributed by atoms with E-state index in [0.717, 1.165) is 18.8 Å². The average Bonchev–Trinajstić information content (AvgIpc) is 3.12. The summed E-state index contributed by atoms with van der Waals surface area (Å²) in [6, 6.07) is 10.6. The van der Waals surface area contributed by atoms with Crippen molar-refractivity contribution in [1.29, 1.82) is 0 Å². The molecule has 2 amide bonds. The normalized spacial score (nSPS) is 11.6. The van der Waals surface area contributed by atoms with Gasteiger partial charge in [0.15, 0.2) is 0 Å². The molecule has 0 saturated carbocycles. The molecule has 1 aromatic carbocycles. The lowest BCUT2D eigenvalue weighted by Gasteiger charge is -2.21. The first-order valence-corrected chi connectivity index (χ1v) is 8.93. The van der Waals surface area contributed by atoms with Gasteiger partial charge in [-0.1, -0.05) is 6.07 Å². The number of carbonyl (C=O) groups is 2. The lowest BCUT2D eigenvalue weighted by Crippen LogP contribution is -2.41. The number of amides is 2. The number of carbonyl (C=O) groups excluding carboxylic acids is 2. The average molecular weight is 345 g/mol. The first kappa shape index (κ1) is 18.0. The van der Waals surface area contributed by atoms with Crippen LogP contribution in [0.25, 0.3) is 0 Å². The minimum absolute atomic E-state index is 0.232. The number of nitrogens with one attached hydrogen (secondary N) is 2. The second-order valence-electron chi connectivity index (χ2n) is 5.38. The van der Waals surface area contributed by atoms with Gasteiger partial charge in [0.2, 0.25) is 5.91 Å². The summed E-state index contributed by atoms with van der Waals surface area (Å²) in [5, 5.41) is 7.36. The first-order valence-electron chi connectivity index (χ1n) is 8.05. The van der Waals surface area contributed by atoms with Crippen molar-refractivity contribution in [2.24, 2.45) is 0 Å². The maximum Gasteiger partial charge on any atom is 0.261 e. The number of hydrogen-bond acceptors (Lipinski definition) is 4. The molecule has 0 spiro atoms. The van der Waals surface area contributed by atoms with Crippen molar-refractivity contribution in [1.82, 2.24) is 5.32 Å². The summed E-state index contributed by atoms with van der Waals surface area (Å²) in [4.78, 5) is 27.0. The van der Waals surface area contributed by atoms with Crippen LogP contribution in [0.5, 0.6) is 0 Å².